The van der Waals surface area contributed by atoms with Crippen LogP contribution in [-0.4, -0.2) is 45.7 Å². The minimum absolute atomic E-state index is 0.269. The second kappa shape index (κ2) is 7.75. The van der Waals surface area contributed by atoms with Gasteiger partial charge in [-0.05, 0) is 42.2 Å². The van der Waals surface area contributed by atoms with Crippen molar-refractivity contribution in [2.75, 3.05) is 24.5 Å². The molecule has 130 valence electrons. The summed E-state index contributed by atoms with van der Waals surface area (Å²) in [4.78, 5) is 13.5. The predicted octanol–water partition coefficient (Wildman–Crippen LogP) is 3.08. The van der Waals surface area contributed by atoms with Crippen molar-refractivity contribution in [1.82, 2.24) is 20.0 Å². The lowest BCUT2D eigenvalue weighted by Gasteiger charge is -2.38. The number of nitrogens with zero attached hydrogens (tertiary/aromatic N) is 5. The van der Waals surface area contributed by atoms with E-state index in [0.717, 1.165) is 44.4 Å². The van der Waals surface area contributed by atoms with Crippen LogP contribution in [0.5, 0.6) is 0 Å². The van der Waals surface area contributed by atoms with Crippen molar-refractivity contribution in [1.29, 1.82) is 0 Å². The van der Waals surface area contributed by atoms with E-state index in [1.165, 1.54) is 12.0 Å². The summed E-state index contributed by atoms with van der Waals surface area (Å²) in [5, 5.41) is 4.18. The molecule has 0 amide bonds. The average molecular weight is 329 g/mol. The second-order valence-corrected chi connectivity index (χ2v) is 6.75. The normalized spacial score (nSPS) is 18.5. The van der Waals surface area contributed by atoms with Crippen LogP contribution < -0.4 is 4.90 Å². The Labute approximate surface area is 143 Å². The van der Waals surface area contributed by atoms with E-state index in [2.05, 4.69) is 57.8 Å². The number of hydrogen-bond acceptors (Lipinski definition) is 6. The van der Waals surface area contributed by atoms with Gasteiger partial charge in [-0.25, -0.2) is 0 Å². The van der Waals surface area contributed by atoms with Crippen LogP contribution in [0, 0.1) is 0 Å². The fraction of sp³-hybridized carbons (Fsp3) is 0.611. The maximum atomic E-state index is 5.37. The number of piperidine rings is 1. The van der Waals surface area contributed by atoms with Gasteiger partial charge in [0.05, 0.1) is 0 Å². The molecule has 6 heteroatoms. The smallest absolute Gasteiger partial charge is 0.266 e. The van der Waals surface area contributed by atoms with Crippen LogP contribution in [0.3, 0.4) is 0 Å². The number of likely N-dealkylation sites (N-methyl/N-ethyl adjacent to an activating group) is 1. The summed E-state index contributed by atoms with van der Waals surface area (Å²) in [6, 6.07) is 4.70. The highest BCUT2D eigenvalue weighted by Gasteiger charge is 2.27. The van der Waals surface area contributed by atoms with Gasteiger partial charge >= 0.3 is 0 Å². The first-order chi connectivity index (χ1) is 11.7. The van der Waals surface area contributed by atoms with Crippen molar-refractivity contribution in [3.8, 4) is 0 Å². The number of hydrogen-bond donors (Lipinski definition) is 0. The van der Waals surface area contributed by atoms with Gasteiger partial charge in [0.15, 0.2) is 0 Å². The molecule has 1 saturated heterocycles. The molecular weight excluding hydrogens is 302 g/mol. The van der Waals surface area contributed by atoms with Crippen molar-refractivity contribution >= 4 is 5.95 Å². The SMILES string of the molecule is CCN(Cc1ccncc1)[C@@H]1CCCN(c2noc(C(C)C)n2)C1. The summed E-state index contributed by atoms with van der Waals surface area (Å²) in [6.07, 6.45) is 6.10. The fourth-order valence-corrected chi connectivity index (χ4v) is 3.25. The Hall–Kier alpha value is -1.95. The van der Waals surface area contributed by atoms with Gasteiger partial charge in [-0.3, -0.25) is 9.88 Å². The Morgan fingerprint density at radius 3 is 2.79 bits per heavy atom. The zero-order valence-corrected chi connectivity index (χ0v) is 14.9. The standard InChI is InChI=1S/C18H27N5O/c1-4-22(12-15-7-9-19-10-8-15)16-6-5-11-23(13-16)18-20-17(14(2)3)24-21-18/h7-10,14,16H,4-6,11-13H2,1-3H3/t16-/m1/s1. The van der Waals surface area contributed by atoms with E-state index in [-0.39, 0.29) is 5.92 Å². The van der Waals surface area contributed by atoms with E-state index in [1.807, 2.05) is 12.4 Å². The number of aromatic nitrogens is 3. The molecule has 1 atom stereocenters. The third-order valence-corrected chi connectivity index (χ3v) is 4.66. The molecule has 24 heavy (non-hydrogen) atoms. The lowest BCUT2D eigenvalue weighted by molar-refractivity contribution is 0.175. The van der Waals surface area contributed by atoms with E-state index >= 15 is 0 Å². The molecule has 3 rings (SSSR count). The monoisotopic (exact) mass is 329 g/mol. The van der Waals surface area contributed by atoms with Crippen molar-refractivity contribution in [3.63, 3.8) is 0 Å². The molecule has 0 unspecified atom stereocenters. The van der Waals surface area contributed by atoms with Crippen LogP contribution in [0.15, 0.2) is 29.0 Å². The van der Waals surface area contributed by atoms with Gasteiger partial charge in [0.25, 0.3) is 5.95 Å². The van der Waals surface area contributed by atoms with Crippen LogP contribution >= 0.6 is 0 Å². The average Bonchev–Trinajstić information content (AvgIpc) is 3.11. The van der Waals surface area contributed by atoms with E-state index < -0.39 is 0 Å². The molecule has 1 aliphatic rings. The lowest BCUT2D eigenvalue weighted by atomic mass is 10.0. The first-order valence-electron chi connectivity index (χ1n) is 8.89. The van der Waals surface area contributed by atoms with Gasteiger partial charge in [-0.15, -0.1) is 0 Å². The molecule has 0 N–H and O–H groups in total. The molecule has 0 saturated carbocycles. The zero-order valence-electron chi connectivity index (χ0n) is 14.9. The predicted molar refractivity (Wildman–Crippen MR) is 93.9 cm³/mol. The number of rotatable bonds is 6. The minimum atomic E-state index is 0.269. The fourth-order valence-electron chi connectivity index (χ4n) is 3.25. The van der Waals surface area contributed by atoms with Crippen LogP contribution in [-0.2, 0) is 6.54 Å². The molecule has 1 aliphatic heterocycles. The molecule has 2 aromatic heterocycles. The van der Waals surface area contributed by atoms with Crippen molar-refractivity contribution in [3.05, 3.63) is 36.0 Å². The molecule has 3 heterocycles. The van der Waals surface area contributed by atoms with Crippen LogP contribution in [0.25, 0.3) is 0 Å². The maximum absolute atomic E-state index is 5.37. The minimum Gasteiger partial charge on any atom is -0.337 e. The molecule has 2 aromatic rings. The Bertz CT molecular complexity index is 627. The van der Waals surface area contributed by atoms with Crippen molar-refractivity contribution in [2.24, 2.45) is 0 Å². The molecule has 1 fully saturated rings. The van der Waals surface area contributed by atoms with Crippen LogP contribution in [0.2, 0.25) is 0 Å². The first kappa shape index (κ1) is 16.9. The molecular formula is C18H27N5O. The summed E-state index contributed by atoms with van der Waals surface area (Å²) in [7, 11) is 0. The van der Waals surface area contributed by atoms with Gasteiger partial charge in [0.1, 0.15) is 0 Å². The Morgan fingerprint density at radius 2 is 2.12 bits per heavy atom. The van der Waals surface area contributed by atoms with E-state index in [4.69, 9.17) is 4.52 Å². The summed E-state index contributed by atoms with van der Waals surface area (Å²) >= 11 is 0. The van der Waals surface area contributed by atoms with Gasteiger partial charge in [0.2, 0.25) is 5.89 Å². The highest BCUT2D eigenvalue weighted by Crippen LogP contribution is 2.23. The Kier molecular flexibility index (Phi) is 5.45. The van der Waals surface area contributed by atoms with Gasteiger partial charge < -0.3 is 9.42 Å². The highest BCUT2D eigenvalue weighted by molar-refractivity contribution is 5.29. The van der Waals surface area contributed by atoms with Gasteiger partial charge in [-0.1, -0.05) is 20.8 Å². The third-order valence-electron chi connectivity index (χ3n) is 4.66. The topological polar surface area (TPSA) is 58.3 Å². The van der Waals surface area contributed by atoms with Gasteiger partial charge in [-0.2, -0.15) is 4.98 Å². The van der Waals surface area contributed by atoms with E-state index in [1.54, 1.807) is 0 Å². The molecule has 0 aromatic carbocycles. The number of pyridine rings is 1. The summed E-state index contributed by atoms with van der Waals surface area (Å²) in [5.74, 6) is 1.73. The second-order valence-electron chi connectivity index (χ2n) is 6.75. The summed E-state index contributed by atoms with van der Waals surface area (Å²) in [6.45, 7) is 10.3. The van der Waals surface area contributed by atoms with Crippen molar-refractivity contribution in [2.45, 2.75) is 52.1 Å². The summed E-state index contributed by atoms with van der Waals surface area (Å²) < 4.78 is 5.37. The Balaban J connectivity index is 1.67. The first-order valence-corrected chi connectivity index (χ1v) is 8.89. The van der Waals surface area contributed by atoms with E-state index in [9.17, 15) is 0 Å². The zero-order chi connectivity index (χ0) is 16.9. The molecule has 6 nitrogen and oxygen atoms in total. The third kappa shape index (κ3) is 3.93. The van der Waals surface area contributed by atoms with E-state index in [0.29, 0.717) is 6.04 Å². The van der Waals surface area contributed by atoms with Crippen LogP contribution in [0.1, 0.15) is 51.0 Å². The molecule has 0 spiro atoms. The highest BCUT2D eigenvalue weighted by atomic mass is 16.5. The van der Waals surface area contributed by atoms with Crippen LogP contribution in [0.4, 0.5) is 5.95 Å². The maximum Gasteiger partial charge on any atom is 0.266 e. The summed E-state index contributed by atoms with van der Waals surface area (Å²) in [5.41, 5.74) is 1.31. The number of anilines is 1. The molecule has 0 radical (unpaired) electrons. The Morgan fingerprint density at radius 1 is 1.33 bits per heavy atom. The van der Waals surface area contributed by atoms with Gasteiger partial charge in [0, 0.05) is 44.0 Å². The molecule has 0 aliphatic carbocycles. The largest absolute Gasteiger partial charge is 0.337 e. The lowest BCUT2D eigenvalue weighted by Crippen LogP contribution is -2.48. The molecule has 0 bridgehead atoms. The quantitative estimate of drug-likeness (QED) is 0.812. The van der Waals surface area contributed by atoms with Crippen molar-refractivity contribution < 1.29 is 4.52 Å².